The fraction of sp³-hybridized carbons (Fsp3) is 0.800. The van der Waals surface area contributed by atoms with Gasteiger partial charge in [0.05, 0.1) is 12.6 Å². The summed E-state index contributed by atoms with van der Waals surface area (Å²) in [7, 11) is 0. The molecule has 0 aliphatic carbocycles. The van der Waals surface area contributed by atoms with Crippen molar-refractivity contribution in [2.24, 2.45) is 0 Å². The van der Waals surface area contributed by atoms with Crippen LogP contribution in [0.25, 0.3) is 0 Å². The summed E-state index contributed by atoms with van der Waals surface area (Å²) < 4.78 is 0. The van der Waals surface area contributed by atoms with E-state index in [2.05, 4.69) is 35.3 Å². The molecule has 2 N–H and O–H groups in total. The summed E-state index contributed by atoms with van der Waals surface area (Å²) in [5, 5.41) is 6.30. The number of rotatable bonds is 6. The van der Waals surface area contributed by atoms with Crippen LogP contribution in [0, 0.1) is 12.3 Å². The van der Waals surface area contributed by atoms with Crippen LogP contribution in [0.4, 0.5) is 0 Å². The van der Waals surface area contributed by atoms with E-state index in [-0.39, 0.29) is 11.9 Å². The number of carbonyl (C=O) groups excluding carboxylic acids is 1. The monoisotopic (exact) mass is 265 g/mol. The number of nitrogens with zero attached hydrogens (tertiary/aromatic N) is 1. The number of amides is 1. The van der Waals surface area contributed by atoms with E-state index in [0.717, 1.165) is 13.1 Å². The van der Waals surface area contributed by atoms with E-state index in [1.165, 1.54) is 19.3 Å². The Hall–Kier alpha value is -1.05. The van der Waals surface area contributed by atoms with Crippen LogP contribution in [-0.4, -0.2) is 48.6 Å². The normalized spacial score (nSPS) is 21.2. The highest BCUT2D eigenvalue weighted by atomic mass is 16.2. The van der Waals surface area contributed by atoms with Crippen molar-refractivity contribution in [1.29, 1.82) is 0 Å². The van der Waals surface area contributed by atoms with E-state index in [1.807, 2.05) is 6.92 Å². The average Bonchev–Trinajstić information content (AvgIpc) is 2.42. The van der Waals surface area contributed by atoms with E-state index < -0.39 is 0 Å². The standard InChI is InChI=1S/C15H27N3O/c1-5-9-17-15(19)13(4)18(12(2)3)11-14-8-6-7-10-16-14/h1,12-14,16H,6-11H2,2-4H3,(H,17,19). The van der Waals surface area contributed by atoms with Crippen molar-refractivity contribution in [2.45, 2.75) is 58.2 Å². The Morgan fingerprint density at radius 2 is 2.21 bits per heavy atom. The van der Waals surface area contributed by atoms with E-state index in [1.54, 1.807) is 0 Å². The molecule has 0 aromatic carbocycles. The van der Waals surface area contributed by atoms with Gasteiger partial charge in [-0.2, -0.15) is 0 Å². The third kappa shape index (κ3) is 5.22. The lowest BCUT2D eigenvalue weighted by Gasteiger charge is -2.36. The molecule has 2 atom stereocenters. The van der Waals surface area contributed by atoms with Crippen molar-refractivity contribution < 1.29 is 4.79 Å². The molecule has 2 unspecified atom stereocenters. The Bertz CT molecular complexity index is 316. The minimum absolute atomic E-state index is 0.0162. The van der Waals surface area contributed by atoms with Crippen LogP contribution in [0.3, 0.4) is 0 Å². The third-order valence-corrected chi connectivity index (χ3v) is 3.75. The molecule has 1 fully saturated rings. The average molecular weight is 265 g/mol. The predicted molar refractivity (Wildman–Crippen MR) is 78.8 cm³/mol. The number of carbonyl (C=O) groups is 1. The van der Waals surface area contributed by atoms with Gasteiger partial charge in [0, 0.05) is 18.6 Å². The fourth-order valence-electron chi connectivity index (χ4n) is 2.59. The van der Waals surface area contributed by atoms with Crippen molar-refractivity contribution in [3.8, 4) is 12.3 Å². The summed E-state index contributed by atoms with van der Waals surface area (Å²) in [5.41, 5.74) is 0. The van der Waals surface area contributed by atoms with Crippen molar-refractivity contribution >= 4 is 5.91 Å². The topological polar surface area (TPSA) is 44.4 Å². The summed E-state index contributed by atoms with van der Waals surface area (Å²) >= 11 is 0. The van der Waals surface area contributed by atoms with Crippen molar-refractivity contribution in [3.05, 3.63) is 0 Å². The lowest BCUT2D eigenvalue weighted by Crippen LogP contribution is -2.53. The van der Waals surface area contributed by atoms with Gasteiger partial charge in [-0.15, -0.1) is 6.42 Å². The molecule has 0 radical (unpaired) electrons. The highest BCUT2D eigenvalue weighted by molar-refractivity contribution is 5.81. The number of terminal acetylenes is 1. The molecule has 0 saturated carbocycles. The molecular weight excluding hydrogens is 238 g/mol. The van der Waals surface area contributed by atoms with Crippen molar-refractivity contribution in [2.75, 3.05) is 19.6 Å². The summed E-state index contributed by atoms with van der Waals surface area (Å²) in [5.74, 6) is 2.46. The second kappa shape index (κ2) is 8.19. The summed E-state index contributed by atoms with van der Waals surface area (Å²) in [6.07, 6.45) is 8.91. The Labute approximate surface area is 117 Å². The van der Waals surface area contributed by atoms with Crippen LogP contribution >= 0.6 is 0 Å². The molecule has 108 valence electrons. The van der Waals surface area contributed by atoms with Gasteiger partial charge in [-0.25, -0.2) is 0 Å². The zero-order chi connectivity index (χ0) is 14.3. The number of piperidine rings is 1. The van der Waals surface area contributed by atoms with Crippen LogP contribution in [0.2, 0.25) is 0 Å². The van der Waals surface area contributed by atoms with Gasteiger partial charge >= 0.3 is 0 Å². The third-order valence-electron chi connectivity index (χ3n) is 3.75. The first-order valence-electron chi connectivity index (χ1n) is 7.26. The smallest absolute Gasteiger partial charge is 0.237 e. The molecule has 0 aromatic rings. The van der Waals surface area contributed by atoms with E-state index in [9.17, 15) is 4.79 Å². The second-order valence-electron chi connectivity index (χ2n) is 5.54. The first-order valence-corrected chi connectivity index (χ1v) is 7.26. The Kier molecular flexibility index (Phi) is 6.90. The van der Waals surface area contributed by atoms with Crippen LogP contribution in [0.15, 0.2) is 0 Å². The van der Waals surface area contributed by atoms with Crippen LogP contribution in [-0.2, 0) is 4.79 Å². The molecular formula is C15H27N3O. The molecule has 1 aliphatic rings. The van der Waals surface area contributed by atoms with E-state index in [4.69, 9.17) is 6.42 Å². The van der Waals surface area contributed by atoms with Gasteiger partial charge < -0.3 is 10.6 Å². The molecule has 1 heterocycles. The SMILES string of the molecule is C#CCNC(=O)C(C)N(CC1CCCCN1)C(C)C. The lowest BCUT2D eigenvalue weighted by atomic mass is 10.0. The van der Waals surface area contributed by atoms with Gasteiger partial charge in [0.1, 0.15) is 0 Å². The van der Waals surface area contributed by atoms with Gasteiger partial charge in [-0.3, -0.25) is 9.69 Å². The molecule has 4 heteroatoms. The fourth-order valence-corrected chi connectivity index (χ4v) is 2.59. The molecule has 1 rings (SSSR count). The molecule has 19 heavy (non-hydrogen) atoms. The molecule has 0 aromatic heterocycles. The van der Waals surface area contributed by atoms with Gasteiger partial charge in [-0.05, 0) is 40.2 Å². The van der Waals surface area contributed by atoms with Crippen LogP contribution < -0.4 is 10.6 Å². The number of hydrogen-bond acceptors (Lipinski definition) is 3. The summed E-state index contributed by atoms with van der Waals surface area (Å²) in [4.78, 5) is 14.3. The zero-order valence-corrected chi connectivity index (χ0v) is 12.4. The van der Waals surface area contributed by atoms with Crippen LogP contribution in [0.5, 0.6) is 0 Å². The molecule has 0 spiro atoms. The maximum absolute atomic E-state index is 12.0. The lowest BCUT2D eigenvalue weighted by molar-refractivity contribution is -0.126. The second-order valence-corrected chi connectivity index (χ2v) is 5.54. The summed E-state index contributed by atoms with van der Waals surface area (Å²) in [6, 6.07) is 0.700. The largest absolute Gasteiger partial charge is 0.344 e. The summed E-state index contributed by atoms with van der Waals surface area (Å²) in [6.45, 7) is 8.53. The molecule has 1 amide bonds. The Morgan fingerprint density at radius 3 is 2.74 bits per heavy atom. The molecule has 1 saturated heterocycles. The quantitative estimate of drug-likeness (QED) is 0.704. The van der Waals surface area contributed by atoms with Crippen molar-refractivity contribution in [1.82, 2.24) is 15.5 Å². The minimum Gasteiger partial charge on any atom is -0.344 e. The van der Waals surface area contributed by atoms with E-state index in [0.29, 0.717) is 18.6 Å². The Balaban J connectivity index is 2.55. The highest BCUT2D eigenvalue weighted by Crippen LogP contribution is 2.13. The first kappa shape index (κ1) is 16.0. The minimum atomic E-state index is -0.142. The van der Waals surface area contributed by atoms with Gasteiger partial charge in [0.15, 0.2) is 0 Å². The van der Waals surface area contributed by atoms with Gasteiger partial charge in [-0.1, -0.05) is 12.3 Å². The highest BCUT2D eigenvalue weighted by Gasteiger charge is 2.26. The molecule has 4 nitrogen and oxygen atoms in total. The van der Waals surface area contributed by atoms with Crippen LogP contribution in [0.1, 0.15) is 40.0 Å². The molecule has 0 bridgehead atoms. The number of nitrogens with one attached hydrogen (secondary N) is 2. The maximum Gasteiger partial charge on any atom is 0.237 e. The van der Waals surface area contributed by atoms with E-state index >= 15 is 0 Å². The molecule has 1 aliphatic heterocycles. The predicted octanol–water partition coefficient (Wildman–Crippen LogP) is 0.977. The zero-order valence-electron chi connectivity index (χ0n) is 12.4. The first-order chi connectivity index (χ1) is 9.06. The maximum atomic E-state index is 12.0. The Morgan fingerprint density at radius 1 is 1.47 bits per heavy atom. The van der Waals surface area contributed by atoms with Gasteiger partial charge in [0.2, 0.25) is 5.91 Å². The van der Waals surface area contributed by atoms with Crippen molar-refractivity contribution in [3.63, 3.8) is 0 Å². The van der Waals surface area contributed by atoms with Gasteiger partial charge in [0.25, 0.3) is 0 Å². The number of hydrogen-bond donors (Lipinski definition) is 2.